The molecule has 0 N–H and O–H groups in total. The van der Waals surface area contributed by atoms with Crippen LogP contribution in [0.25, 0.3) is 0 Å². The molecule has 0 saturated heterocycles. The van der Waals surface area contributed by atoms with Crippen LogP contribution in [0.4, 0.5) is 0 Å². The molecule has 0 heterocycles. The predicted octanol–water partition coefficient (Wildman–Crippen LogP) is 1.29. The summed E-state index contributed by atoms with van der Waals surface area (Å²) in [5.41, 5.74) is 3.99. The first kappa shape index (κ1) is 5.70. The molecule has 1 heteroatoms. The van der Waals surface area contributed by atoms with Crippen LogP contribution < -0.4 is 0 Å². The minimum absolute atomic E-state index is 0.633. The van der Waals surface area contributed by atoms with Crippen LogP contribution in [-0.2, 0) is 0 Å². The molecule has 0 atom stereocenters. The lowest BCUT2D eigenvalue weighted by Crippen LogP contribution is -1.93. The summed E-state index contributed by atoms with van der Waals surface area (Å²) < 4.78 is 0. The quantitative estimate of drug-likeness (QED) is 0.457. The van der Waals surface area contributed by atoms with Gasteiger partial charge in [-0.1, -0.05) is 6.55 Å². The van der Waals surface area contributed by atoms with Crippen molar-refractivity contribution in [2.24, 2.45) is 0 Å². The highest BCUT2D eigenvalue weighted by molar-refractivity contribution is 6.67. The van der Waals surface area contributed by atoms with Crippen molar-refractivity contribution >= 4 is 8.80 Å². The molecule has 0 unspecified atom stereocenters. The fourth-order valence-electron chi connectivity index (χ4n) is 0.0962. The minimum Gasteiger partial charge on any atom is -0.107 e. The molecule has 0 radical (unpaired) electrons. The van der Waals surface area contributed by atoms with E-state index in [9.17, 15) is 0 Å². The molecule has 0 aliphatic carbocycles. The van der Waals surface area contributed by atoms with Gasteiger partial charge in [0.05, 0.1) is 8.80 Å². The monoisotopic (exact) mass is 98.1 g/mol. The molecule has 0 amide bonds. The van der Waals surface area contributed by atoms with Gasteiger partial charge in [-0.25, -0.2) is 0 Å². The topological polar surface area (TPSA) is 0 Å². The molecule has 0 aromatic carbocycles. The van der Waals surface area contributed by atoms with E-state index in [-0.39, 0.29) is 0 Å². The maximum absolute atomic E-state index is 3.62. The summed E-state index contributed by atoms with van der Waals surface area (Å²) in [6.45, 7) is 9.42. The second kappa shape index (κ2) is 2.91. The van der Waals surface area contributed by atoms with Gasteiger partial charge >= 0.3 is 0 Å². The van der Waals surface area contributed by atoms with E-state index in [1.54, 1.807) is 0 Å². The molecule has 0 rings (SSSR count). The zero-order chi connectivity index (χ0) is 4.99. The highest BCUT2D eigenvalue weighted by Crippen LogP contribution is 1.78. The molecule has 0 bridgehead atoms. The largest absolute Gasteiger partial charge is 0.107 e. The van der Waals surface area contributed by atoms with Crippen molar-refractivity contribution < 1.29 is 0 Å². The Bertz CT molecular complexity index is 49.0. The first-order valence-corrected chi connectivity index (χ1v) is 4.55. The van der Waals surface area contributed by atoms with Gasteiger partial charge in [-0.05, 0) is 0 Å². The van der Waals surface area contributed by atoms with E-state index >= 15 is 0 Å². The van der Waals surface area contributed by atoms with Crippen LogP contribution in [-0.4, -0.2) is 8.80 Å². The van der Waals surface area contributed by atoms with E-state index in [1.807, 2.05) is 11.4 Å². The van der Waals surface area contributed by atoms with Gasteiger partial charge in [0.15, 0.2) is 0 Å². The third-order valence-corrected chi connectivity index (χ3v) is 2.23. The Morgan fingerprint density at radius 3 is 1.67 bits per heavy atom. The zero-order valence-corrected chi connectivity index (χ0v) is 5.30. The lowest BCUT2D eigenvalue weighted by Gasteiger charge is -1.85. The Balaban J connectivity index is 3.21. The van der Waals surface area contributed by atoms with Gasteiger partial charge in [0.25, 0.3) is 0 Å². The van der Waals surface area contributed by atoms with E-state index in [0.717, 1.165) is 0 Å². The third kappa shape index (κ3) is 1.97. The average molecular weight is 98.2 g/mol. The molecular formula is C5H10Si. The highest BCUT2D eigenvalue weighted by atomic mass is 28.3. The number of rotatable bonds is 2. The second-order valence-corrected chi connectivity index (χ2v) is 3.99. The van der Waals surface area contributed by atoms with Gasteiger partial charge in [-0.3, -0.25) is 0 Å². The maximum atomic E-state index is 3.62. The number of hydrogen-bond acceptors (Lipinski definition) is 0. The van der Waals surface area contributed by atoms with Gasteiger partial charge in [0.1, 0.15) is 0 Å². The lowest BCUT2D eigenvalue weighted by molar-refractivity contribution is 2.11. The average Bonchev–Trinajstić information content (AvgIpc) is 1.65. The molecule has 0 spiro atoms. The smallest absolute Gasteiger partial charge is 0.0807 e. The standard InChI is InChI=1S/C5H10Si/c1-4-6(3)5-2/h4-6H,1-2H2,3H3. The van der Waals surface area contributed by atoms with E-state index in [0.29, 0.717) is 0 Å². The van der Waals surface area contributed by atoms with E-state index in [2.05, 4.69) is 19.7 Å². The van der Waals surface area contributed by atoms with Crippen LogP contribution in [0.1, 0.15) is 0 Å². The predicted molar refractivity (Wildman–Crippen MR) is 33.4 cm³/mol. The van der Waals surface area contributed by atoms with Crippen molar-refractivity contribution in [3.8, 4) is 0 Å². The fraction of sp³-hybridized carbons (Fsp3) is 0.200. The fourth-order valence-corrected chi connectivity index (χ4v) is 0.289. The normalized spacial score (nSPS) is 8.33. The molecule has 0 aromatic rings. The number of hydrogen-bond donors (Lipinski definition) is 0. The Labute approximate surface area is 40.8 Å². The molecule has 0 aliphatic rings. The summed E-state index contributed by atoms with van der Waals surface area (Å²) in [6, 6.07) is 0. The Hall–Kier alpha value is -0.303. The van der Waals surface area contributed by atoms with Crippen molar-refractivity contribution in [3.63, 3.8) is 0 Å². The van der Waals surface area contributed by atoms with E-state index in [4.69, 9.17) is 0 Å². The van der Waals surface area contributed by atoms with Gasteiger partial charge in [-0.15, -0.1) is 24.6 Å². The van der Waals surface area contributed by atoms with Crippen LogP contribution in [0, 0.1) is 0 Å². The van der Waals surface area contributed by atoms with Crippen molar-refractivity contribution in [2.75, 3.05) is 0 Å². The molecule has 0 nitrogen and oxygen atoms in total. The first-order chi connectivity index (χ1) is 2.81. The van der Waals surface area contributed by atoms with Crippen molar-refractivity contribution in [1.29, 1.82) is 0 Å². The Morgan fingerprint density at radius 1 is 1.33 bits per heavy atom. The molecular weight excluding hydrogens is 88.1 g/mol. The van der Waals surface area contributed by atoms with Crippen molar-refractivity contribution in [2.45, 2.75) is 6.55 Å². The van der Waals surface area contributed by atoms with Crippen molar-refractivity contribution in [1.82, 2.24) is 0 Å². The van der Waals surface area contributed by atoms with Crippen LogP contribution in [0.15, 0.2) is 24.6 Å². The minimum atomic E-state index is -0.633. The lowest BCUT2D eigenvalue weighted by atomic mass is 11.2. The summed E-state index contributed by atoms with van der Waals surface area (Å²) >= 11 is 0. The molecule has 34 valence electrons. The third-order valence-electron chi connectivity index (χ3n) is 0.744. The van der Waals surface area contributed by atoms with Crippen LogP contribution in [0.2, 0.25) is 6.55 Å². The van der Waals surface area contributed by atoms with Gasteiger partial charge in [0.2, 0.25) is 0 Å². The first-order valence-electron chi connectivity index (χ1n) is 2.06. The molecule has 6 heavy (non-hydrogen) atoms. The second-order valence-electron chi connectivity index (χ2n) is 1.33. The zero-order valence-electron chi connectivity index (χ0n) is 4.15. The summed E-state index contributed by atoms with van der Waals surface area (Å²) in [6.07, 6.45) is 0. The van der Waals surface area contributed by atoms with Crippen LogP contribution >= 0.6 is 0 Å². The highest BCUT2D eigenvalue weighted by Gasteiger charge is 1.82. The van der Waals surface area contributed by atoms with Crippen molar-refractivity contribution in [3.05, 3.63) is 24.6 Å². The Morgan fingerprint density at radius 2 is 1.67 bits per heavy atom. The van der Waals surface area contributed by atoms with E-state index < -0.39 is 8.80 Å². The molecule has 0 aromatic heterocycles. The Kier molecular flexibility index (Phi) is 2.76. The SMILES string of the molecule is C=C[SiH](C)C=C. The van der Waals surface area contributed by atoms with Gasteiger partial charge in [-0.2, -0.15) is 0 Å². The summed E-state index contributed by atoms with van der Waals surface area (Å²) in [4.78, 5) is 0. The summed E-state index contributed by atoms with van der Waals surface area (Å²) in [5.74, 6) is 0. The van der Waals surface area contributed by atoms with Crippen LogP contribution in [0.5, 0.6) is 0 Å². The molecule has 0 aliphatic heterocycles. The van der Waals surface area contributed by atoms with Gasteiger partial charge in [0, 0.05) is 0 Å². The van der Waals surface area contributed by atoms with Crippen LogP contribution in [0.3, 0.4) is 0 Å². The molecule has 0 saturated carbocycles. The van der Waals surface area contributed by atoms with E-state index in [1.165, 1.54) is 0 Å². The maximum Gasteiger partial charge on any atom is 0.0807 e. The van der Waals surface area contributed by atoms with Gasteiger partial charge < -0.3 is 0 Å². The summed E-state index contributed by atoms with van der Waals surface area (Å²) in [5, 5.41) is 0. The molecule has 0 fully saturated rings. The summed E-state index contributed by atoms with van der Waals surface area (Å²) in [7, 11) is -0.633.